The van der Waals surface area contributed by atoms with E-state index in [0.29, 0.717) is 5.69 Å². The number of nitrogens with one attached hydrogen (secondary N) is 4. The van der Waals surface area contributed by atoms with Gasteiger partial charge in [-0.3, -0.25) is 19.2 Å². The molecule has 0 bridgehead atoms. The molecule has 0 aliphatic heterocycles. The average Bonchev–Trinajstić information content (AvgIpc) is 3.22. The quantitative estimate of drug-likeness (QED) is 0.130. The lowest BCUT2D eigenvalue weighted by molar-refractivity contribution is -0.143. The van der Waals surface area contributed by atoms with Crippen molar-refractivity contribution < 1.29 is 39.3 Å². The molecule has 14 nitrogen and oxygen atoms in total. The summed E-state index contributed by atoms with van der Waals surface area (Å²) in [6.07, 6.45) is 1.71. The summed E-state index contributed by atoms with van der Waals surface area (Å²) < 4.78 is 0. The van der Waals surface area contributed by atoms with Crippen LogP contribution < -0.4 is 21.7 Å². The van der Waals surface area contributed by atoms with Gasteiger partial charge >= 0.3 is 11.9 Å². The summed E-state index contributed by atoms with van der Waals surface area (Å²) in [6.45, 7) is -0.919. The number of aliphatic carboxylic acids is 2. The predicted octanol–water partition coefficient (Wildman–Crippen LogP) is -3.78. The van der Waals surface area contributed by atoms with Gasteiger partial charge in [0.1, 0.15) is 18.1 Å². The number of nitrogens with two attached hydrogens (primary N) is 1. The molecule has 0 fully saturated rings. The molecule has 1 aromatic rings. The third kappa shape index (κ3) is 8.61. The third-order valence-electron chi connectivity index (χ3n) is 3.95. The van der Waals surface area contributed by atoms with Crippen molar-refractivity contribution in [3.8, 4) is 0 Å². The number of aliphatic hydroxyl groups excluding tert-OH is 1. The van der Waals surface area contributed by atoms with E-state index in [2.05, 4.69) is 38.5 Å². The maximum atomic E-state index is 12.4. The van der Waals surface area contributed by atoms with Crippen molar-refractivity contribution >= 4 is 42.3 Å². The highest BCUT2D eigenvalue weighted by Crippen LogP contribution is 2.01. The molecule has 3 amide bonds. The van der Waals surface area contributed by atoms with E-state index < -0.39 is 66.9 Å². The Hall–Kier alpha value is -3.17. The highest BCUT2D eigenvalue weighted by atomic mass is 32.1. The minimum atomic E-state index is -1.61. The van der Waals surface area contributed by atoms with Crippen LogP contribution in [0.3, 0.4) is 0 Å². The van der Waals surface area contributed by atoms with Crippen molar-refractivity contribution in [2.75, 3.05) is 12.4 Å². The number of carboxylic acids is 2. The van der Waals surface area contributed by atoms with Crippen LogP contribution in [0, 0.1) is 0 Å². The van der Waals surface area contributed by atoms with Crippen molar-refractivity contribution in [3.63, 3.8) is 0 Å². The number of carbonyl (C=O) groups excluding carboxylic acids is 3. The topological polar surface area (TPSA) is 237 Å². The second-order valence-corrected chi connectivity index (χ2v) is 6.74. The number of nitrogens with zero attached hydrogens (tertiary/aromatic N) is 1. The van der Waals surface area contributed by atoms with Gasteiger partial charge in [0.2, 0.25) is 17.7 Å². The maximum absolute atomic E-state index is 12.4. The van der Waals surface area contributed by atoms with Crippen molar-refractivity contribution in [1.29, 1.82) is 0 Å². The fourth-order valence-corrected chi connectivity index (χ4v) is 2.47. The third-order valence-corrected chi connectivity index (χ3v) is 4.35. The minimum absolute atomic E-state index is 0.0676. The average molecular weight is 460 g/mol. The highest BCUT2D eigenvalue weighted by Gasteiger charge is 2.31. The van der Waals surface area contributed by atoms with E-state index in [1.165, 1.54) is 12.5 Å². The summed E-state index contributed by atoms with van der Waals surface area (Å²) in [5, 5.41) is 34.1. The van der Waals surface area contributed by atoms with E-state index in [1.807, 2.05) is 0 Å². The fraction of sp³-hybridized carbons (Fsp3) is 0.500. The molecule has 0 aromatic carbocycles. The van der Waals surface area contributed by atoms with Crippen LogP contribution in [0.5, 0.6) is 0 Å². The number of rotatable bonds is 13. The number of amides is 3. The summed E-state index contributed by atoms with van der Waals surface area (Å²) in [5.41, 5.74) is 5.89. The lowest BCUT2D eigenvalue weighted by atomic mass is 10.1. The van der Waals surface area contributed by atoms with Gasteiger partial charge in [0.05, 0.1) is 25.4 Å². The van der Waals surface area contributed by atoms with E-state index in [9.17, 15) is 34.2 Å². The number of imidazole rings is 1. The van der Waals surface area contributed by atoms with Crippen molar-refractivity contribution in [1.82, 2.24) is 25.9 Å². The molecule has 31 heavy (non-hydrogen) atoms. The SMILES string of the molecule is NC(CS)C(=O)NC(CC(=O)O)C(=O)NC(CO)C(=O)NC(Cc1cnc[nH]1)C(=O)O. The smallest absolute Gasteiger partial charge is 0.326 e. The van der Waals surface area contributed by atoms with E-state index in [-0.39, 0.29) is 12.2 Å². The maximum Gasteiger partial charge on any atom is 0.326 e. The number of carbonyl (C=O) groups is 5. The van der Waals surface area contributed by atoms with Crippen LogP contribution in [-0.2, 0) is 30.4 Å². The van der Waals surface area contributed by atoms with Crippen molar-refractivity contribution in [2.24, 2.45) is 5.73 Å². The Bertz CT molecular complexity index is 789. The van der Waals surface area contributed by atoms with Gasteiger partial charge in [0, 0.05) is 24.1 Å². The van der Waals surface area contributed by atoms with Gasteiger partial charge in [-0.15, -0.1) is 0 Å². The van der Waals surface area contributed by atoms with Crippen molar-refractivity contribution in [3.05, 3.63) is 18.2 Å². The van der Waals surface area contributed by atoms with Gasteiger partial charge < -0.3 is 42.0 Å². The molecule has 1 rings (SSSR count). The number of aromatic amines is 1. The summed E-state index contributed by atoms with van der Waals surface area (Å²) in [6, 6.07) is -5.72. The molecule has 4 unspecified atom stereocenters. The Labute approximate surface area is 181 Å². The Morgan fingerprint density at radius 1 is 1.03 bits per heavy atom. The predicted molar refractivity (Wildman–Crippen MR) is 107 cm³/mol. The number of H-pyrrole nitrogens is 1. The number of hydrogen-bond acceptors (Lipinski definition) is 9. The van der Waals surface area contributed by atoms with Crippen LogP contribution in [-0.4, -0.2) is 91.5 Å². The molecule has 0 saturated heterocycles. The standard InChI is InChI=1S/C16H24N6O8S/c17-8(5-31)13(26)20-9(2-12(24)25)14(27)22-11(4-23)15(28)21-10(16(29)30)1-7-3-18-6-19-7/h3,6,8-11,23,31H,1-2,4-5,17H2,(H,18,19)(H,20,26)(H,21,28)(H,22,27)(H,24,25)(H,29,30). The van der Waals surface area contributed by atoms with Gasteiger partial charge in [0.15, 0.2) is 0 Å². The summed E-state index contributed by atoms with van der Waals surface area (Å²) in [5.74, 6) is -5.82. The summed E-state index contributed by atoms with van der Waals surface area (Å²) in [4.78, 5) is 65.5. The molecule has 0 aliphatic rings. The Kier molecular flexibility index (Phi) is 10.4. The lowest BCUT2D eigenvalue weighted by Crippen LogP contribution is -2.58. The highest BCUT2D eigenvalue weighted by molar-refractivity contribution is 7.80. The second kappa shape index (κ2) is 12.5. The zero-order valence-corrected chi connectivity index (χ0v) is 17.0. The van der Waals surface area contributed by atoms with Gasteiger partial charge in [-0.05, 0) is 0 Å². The molecule has 0 spiro atoms. The minimum Gasteiger partial charge on any atom is -0.481 e. The molecular weight excluding hydrogens is 436 g/mol. The second-order valence-electron chi connectivity index (χ2n) is 6.37. The van der Waals surface area contributed by atoms with E-state index in [1.54, 1.807) is 0 Å². The van der Waals surface area contributed by atoms with Crippen LogP contribution in [0.1, 0.15) is 12.1 Å². The Morgan fingerprint density at radius 2 is 1.61 bits per heavy atom. The number of aromatic nitrogens is 2. The Morgan fingerprint density at radius 3 is 2.10 bits per heavy atom. The fourth-order valence-electron chi connectivity index (χ4n) is 2.30. The number of thiol groups is 1. The Balaban J connectivity index is 2.84. The molecule has 0 aliphatic carbocycles. The molecule has 0 radical (unpaired) electrons. The molecule has 15 heteroatoms. The van der Waals surface area contributed by atoms with Gasteiger partial charge in [-0.1, -0.05) is 0 Å². The van der Waals surface area contributed by atoms with Crippen LogP contribution in [0.4, 0.5) is 0 Å². The first-order chi connectivity index (χ1) is 14.6. The molecule has 172 valence electrons. The van der Waals surface area contributed by atoms with E-state index in [4.69, 9.17) is 10.8 Å². The van der Waals surface area contributed by atoms with Crippen LogP contribution >= 0.6 is 12.6 Å². The largest absolute Gasteiger partial charge is 0.481 e. The summed E-state index contributed by atoms with van der Waals surface area (Å²) in [7, 11) is 0. The van der Waals surface area contributed by atoms with Crippen molar-refractivity contribution in [2.45, 2.75) is 37.0 Å². The normalized spacial score (nSPS) is 14.5. The first-order valence-electron chi connectivity index (χ1n) is 8.89. The first kappa shape index (κ1) is 25.9. The number of hydrogen-bond donors (Lipinski definition) is 9. The van der Waals surface area contributed by atoms with E-state index in [0.717, 1.165) is 0 Å². The summed E-state index contributed by atoms with van der Waals surface area (Å²) >= 11 is 3.83. The van der Waals surface area contributed by atoms with Crippen LogP contribution in [0.25, 0.3) is 0 Å². The molecule has 0 saturated carbocycles. The zero-order chi connectivity index (χ0) is 23.6. The molecule has 1 aromatic heterocycles. The number of carboxylic acid groups (broad SMARTS) is 2. The molecule has 1 heterocycles. The monoisotopic (exact) mass is 460 g/mol. The first-order valence-corrected chi connectivity index (χ1v) is 9.52. The van der Waals surface area contributed by atoms with Crippen LogP contribution in [0.15, 0.2) is 12.5 Å². The van der Waals surface area contributed by atoms with Gasteiger partial charge in [0.25, 0.3) is 0 Å². The molecular formula is C16H24N6O8S. The lowest BCUT2D eigenvalue weighted by Gasteiger charge is -2.23. The van der Waals surface area contributed by atoms with Gasteiger partial charge in [-0.2, -0.15) is 12.6 Å². The zero-order valence-electron chi connectivity index (χ0n) is 16.1. The number of aliphatic hydroxyl groups is 1. The van der Waals surface area contributed by atoms with Gasteiger partial charge in [-0.25, -0.2) is 9.78 Å². The molecule has 4 atom stereocenters. The van der Waals surface area contributed by atoms with Crippen LogP contribution in [0.2, 0.25) is 0 Å². The van der Waals surface area contributed by atoms with E-state index >= 15 is 0 Å². The molecule has 9 N–H and O–H groups in total.